The van der Waals surface area contributed by atoms with E-state index in [4.69, 9.17) is 0 Å². The molecule has 0 unspecified atom stereocenters. The van der Waals surface area contributed by atoms with Gasteiger partial charge in [0.1, 0.15) is 5.82 Å². The number of imidazole rings is 1. The van der Waals surface area contributed by atoms with Crippen molar-refractivity contribution in [3.05, 3.63) is 60.2 Å². The van der Waals surface area contributed by atoms with Gasteiger partial charge < -0.3 is 14.6 Å². The first-order chi connectivity index (χ1) is 12.8. The fourth-order valence-electron chi connectivity index (χ4n) is 3.80. The highest BCUT2D eigenvalue weighted by molar-refractivity contribution is 6.07. The molecule has 132 valence electrons. The van der Waals surface area contributed by atoms with E-state index in [2.05, 4.69) is 31.7 Å². The number of aromatic nitrogens is 2. The summed E-state index contributed by atoms with van der Waals surface area (Å²) in [4.78, 5) is 20.0. The third-order valence-electron chi connectivity index (χ3n) is 5.31. The molecule has 1 aromatic carbocycles. The lowest BCUT2D eigenvalue weighted by Gasteiger charge is -2.18. The van der Waals surface area contributed by atoms with Crippen LogP contribution in [0.15, 0.2) is 48.7 Å². The van der Waals surface area contributed by atoms with Crippen LogP contribution in [0.5, 0.6) is 0 Å². The number of carbonyl (C=O) groups excluding carboxylic acids is 1. The van der Waals surface area contributed by atoms with Gasteiger partial charge >= 0.3 is 0 Å². The van der Waals surface area contributed by atoms with Gasteiger partial charge in [-0.1, -0.05) is 12.1 Å². The molecule has 3 aromatic rings. The zero-order valence-corrected chi connectivity index (χ0v) is 14.7. The predicted octanol–water partition coefficient (Wildman–Crippen LogP) is 4.06. The molecule has 2 aromatic heterocycles. The van der Waals surface area contributed by atoms with Gasteiger partial charge in [-0.15, -0.1) is 0 Å². The Bertz CT molecular complexity index is 967. The molecule has 5 heteroatoms. The smallest absolute Gasteiger partial charge is 0.276 e. The normalized spacial score (nSPS) is 17.0. The molecule has 1 aliphatic carbocycles. The van der Waals surface area contributed by atoms with Gasteiger partial charge in [-0.2, -0.15) is 0 Å². The van der Waals surface area contributed by atoms with Gasteiger partial charge in [-0.05, 0) is 56.0 Å². The van der Waals surface area contributed by atoms with Crippen molar-refractivity contribution in [3.63, 3.8) is 0 Å². The largest absolute Gasteiger partial charge is 0.371 e. The average Bonchev–Trinajstić information content (AvgIpc) is 3.21. The maximum absolute atomic E-state index is 12.9. The van der Waals surface area contributed by atoms with E-state index in [1.54, 1.807) is 0 Å². The van der Waals surface area contributed by atoms with Crippen LogP contribution in [0.1, 0.15) is 47.9 Å². The van der Waals surface area contributed by atoms with Crippen LogP contribution in [-0.2, 0) is 0 Å². The second-order valence-corrected chi connectivity index (χ2v) is 7.25. The Balaban J connectivity index is 1.44. The number of hydrogen-bond donors (Lipinski definition) is 1. The van der Waals surface area contributed by atoms with E-state index in [1.165, 1.54) is 18.5 Å². The van der Waals surface area contributed by atoms with Crippen molar-refractivity contribution in [3.8, 4) is 0 Å². The summed E-state index contributed by atoms with van der Waals surface area (Å²) in [6.07, 6.45) is 6.79. The molecule has 0 bridgehead atoms. The summed E-state index contributed by atoms with van der Waals surface area (Å²) < 4.78 is 2.06. The Kier molecular flexibility index (Phi) is 3.66. The molecule has 0 radical (unpaired) electrons. The van der Waals surface area contributed by atoms with Crippen LogP contribution in [0.2, 0.25) is 0 Å². The molecule has 2 fully saturated rings. The lowest BCUT2D eigenvalue weighted by atomic mass is 10.2. The van der Waals surface area contributed by atoms with Crippen LogP contribution in [0, 0.1) is 0 Å². The number of rotatable bonds is 4. The third-order valence-corrected chi connectivity index (χ3v) is 5.31. The number of pyridine rings is 1. The fourth-order valence-corrected chi connectivity index (χ4v) is 3.80. The lowest BCUT2D eigenvalue weighted by Crippen LogP contribution is -2.18. The van der Waals surface area contributed by atoms with Crippen molar-refractivity contribution in [2.75, 3.05) is 23.3 Å². The lowest BCUT2D eigenvalue weighted by molar-refractivity contribution is 0.102. The molecule has 1 saturated heterocycles. The zero-order chi connectivity index (χ0) is 17.5. The summed E-state index contributed by atoms with van der Waals surface area (Å²) in [5.74, 6) is 1.36. The van der Waals surface area contributed by atoms with E-state index >= 15 is 0 Å². The van der Waals surface area contributed by atoms with Crippen molar-refractivity contribution in [1.29, 1.82) is 0 Å². The standard InChI is InChI=1S/C21H22N4O/c26-21(22-16-6-5-7-17(14-16)24-11-3-4-12-24)19-18-8-1-2-13-25(18)20(23-19)15-9-10-15/h1-2,5-8,13-15H,3-4,9-12H2,(H,22,26). The Morgan fingerprint density at radius 2 is 1.92 bits per heavy atom. The number of nitrogens with zero attached hydrogens (tertiary/aromatic N) is 3. The topological polar surface area (TPSA) is 49.6 Å². The summed E-state index contributed by atoms with van der Waals surface area (Å²) in [5.41, 5.74) is 3.39. The van der Waals surface area contributed by atoms with Crippen LogP contribution < -0.4 is 10.2 Å². The van der Waals surface area contributed by atoms with Crippen LogP contribution in [0.25, 0.3) is 5.52 Å². The number of hydrogen-bond acceptors (Lipinski definition) is 3. The molecule has 2 aliphatic rings. The number of nitrogens with one attached hydrogen (secondary N) is 1. The van der Waals surface area contributed by atoms with Crippen LogP contribution in [-0.4, -0.2) is 28.4 Å². The van der Waals surface area contributed by atoms with E-state index in [-0.39, 0.29) is 5.91 Å². The maximum atomic E-state index is 12.9. The third kappa shape index (κ3) is 2.73. The first-order valence-corrected chi connectivity index (χ1v) is 9.43. The number of fused-ring (bicyclic) bond motifs is 1. The molecule has 0 spiro atoms. The highest BCUT2D eigenvalue weighted by Crippen LogP contribution is 2.40. The van der Waals surface area contributed by atoms with Gasteiger partial charge in [0.25, 0.3) is 5.91 Å². The Morgan fingerprint density at radius 3 is 2.73 bits per heavy atom. The van der Waals surface area contributed by atoms with Gasteiger partial charge in [-0.25, -0.2) is 4.98 Å². The van der Waals surface area contributed by atoms with Crippen LogP contribution >= 0.6 is 0 Å². The van der Waals surface area contributed by atoms with Gasteiger partial charge in [0.2, 0.25) is 0 Å². The summed E-state index contributed by atoms with van der Waals surface area (Å²) in [7, 11) is 0. The van der Waals surface area contributed by atoms with Gasteiger partial charge in [-0.3, -0.25) is 4.79 Å². The zero-order valence-electron chi connectivity index (χ0n) is 14.7. The minimum Gasteiger partial charge on any atom is -0.371 e. The molecule has 1 aliphatic heterocycles. The molecule has 0 atom stereocenters. The van der Waals surface area contributed by atoms with Crippen LogP contribution in [0.4, 0.5) is 11.4 Å². The Morgan fingerprint density at radius 1 is 1.08 bits per heavy atom. The molecule has 1 saturated carbocycles. The van der Waals surface area contributed by atoms with Crippen molar-refractivity contribution in [2.45, 2.75) is 31.6 Å². The number of carbonyl (C=O) groups is 1. The summed E-state index contributed by atoms with van der Waals surface area (Å²) in [6, 6.07) is 14.0. The molecule has 26 heavy (non-hydrogen) atoms. The van der Waals surface area contributed by atoms with Crippen molar-refractivity contribution >= 4 is 22.8 Å². The number of anilines is 2. The minimum atomic E-state index is -0.140. The fraction of sp³-hybridized carbons (Fsp3) is 0.333. The first-order valence-electron chi connectivity index (χ1n) is 9.43. The Hall–Kier alpha value is -2.82. The Labute approximate surface area is 152 Å². The summed E-state index contributed by atoms with van der Waals surface area (Å²) in [6.45, 7) is 2.18. The summed E-state index contributed by atoms with van der Waals surface area (Å²) in [5, 5.41) is 3.05. The molecule has 5 nitrogen and oxygen atoms in total. The predicted molar refractivity (Wildman–Crippen MR) is 103 cm³/mol. The van der Waals surface area contributed by atoms with E-state index in [9.17, 15) is 4.79 Å². The van der Waals surface area contributed by atoms with Crippen molar-refractivity contribution in [2.24, 2.45) is 0 Å². The molecule has 5 rings (SSSR count). The second-order valence-electron chi connectivity index (χ2n) is 7.25. The molecule has 3 heterocycles. The minimum absolute atomic E-state index is 0.140. The quantitative estimate of drug-likeness (QED) is 0.775. The number of benzene rings is 1. The molecular formula is C21H22N4O. The van der Waals surface area contributed by atoms with Crippen molar-refractivity contribution < 1.29 is 4.79 Å². The van der Waals surface area contributed by atoms with E-state index in [0.717, 1.165) is 43.0 Å². The van der Waals surface area contributed by atoms with Crippen LogP contribution in [0.3, 0.4) is 0 Å². The highest BCUT2D eigenvalue weighted by atomic mass is 16.1. The summed E-state index contributed by atoms with van der Waals surface area (Å²) >= 11 is 0. The van der Waals surface area contributed by atoms with Gasteiger partial charge in [0.05, 0.1) is 5.52 Å². The highest BCUT2D eigenvalue weighted by Gasteiger charge is 2.30. The molecular weight excluding hydrogens is 324 g/mol. The van der Waals surface area contributed by atoms with E-state index in [1.807, 2.05) is 36.5 Å². The SMILES string of the molecule is O=C(Nc1cccc(N2CCCC2)c1)c1nc(C2CC2)n2ccccc12. The molecule has 1 amide bonds. The van der Waals surface area contributed by atoms with Gasteiger partial charge in [0, 0.05) is 36.6 Å². The first kappa shape index (κ1) is 15.4. The second kappa shape index (κ2) is 6.16. The van der Waals surface area contributed by atoms with E-state index in [0.29, 0.717) is 11.6 Å². The monoisotopic (exact) mass is 346 g/mol. The average molecular weight is 346 g/mol. The van der Waals surface area contributed by atoms with Gasteiger partial charge in [0.15, 0.2) is 5.69 Å². The molecule has 1 N–H and O–H groups in total. The number of amides is 1. The van der Waals surface area contributed by atoms with E-state index < -0.39 is 0 Å². The maximum Gasteiger partial charge on any atom is 0.276 e. The van der Waals surface area contributed by atoms with Crippen molar-refractivity contribution in [1.82, 2.24) is 9.38 Å².